The van der Waals surface area contributed by atoms with Crippen molar-refractivity contribution in [3.05, 3.63) is 76.2 Å². The van der Waals surface area contributed by atoms with Crippen LogP contribution in [0.3, 0.4) is 0 Å². The monoisotopic (exact) mass is 547 g/mol. The molecule has 206 valence electrons. The molecule has 1 aromatic carbocycles. The highest BCUT2D eigenvalue weighted by Crippen LogP contribution is 2.34. The van der Waals surface area contributed by atoms with Crippen LogP contribution in [0, 0.1) is 17.5 Å². The number of pyridine rings is 1. The topological polar surface area (TPSA) is 138 Å². The molecule has 3 aromatic heterocycles. The van der Waals surface area contributed by atoms with Crippen molar-refractivity contribution in [1.82, 2.24) is 24.7 Å². The number of benzene rings is 1. The average Bonchev–Trinajstić information content (AvgIpc) is 3.59. The van der Waals surface area contributed by atoms with Crippen LogP contribution in [0.15, 0.2) is 52.0 Å². The molecule has 11 nitrogen and oxygen atoms in total. The van der Waals surface area contributed by atoms with Crippen LogP contribution < -0.4 is 5.56 Å². The highest BCUT2D eigenvalue weighted by atomic mass is 19.2. The summed E-state index contributed by atoms with van der Waals surface area (Å²) in [6.45, 7) is -0.530. The summed E-state index contributed by atoms with van der Waals surface area (Å²) in [6, 6.07) is 5.39. The molecule has 0 amide bonds. The first-order valence-electron chi connectivity index (χ1n) is 11.9. The number of aliphatic hydroxyl groups excluding tert-OH is 2. The molecule has 39 heavy (non-hydrogen) atoms. The molecule has 1 fully saturated rings. The molecule has 14 heteroatoms. The predicted octanol–water partition coefficient (Wildman–Crippen LogP) is 1.64. The van der Waals surface area contributed by atoms with Gasteiger partial charge in [0.2, 0.25) is 0 Å². The lowest BCUT2D eigenvalue weighted by molar-refractivity contribution is -0.212. The first-order chi connectivity index (χ1) is 18.7. The van der Waals surface area contributed by atoms with E-state index in [1.165, 1.54) is 28.6 Å². The number of nitrogens with zero attached hydrogens (tertiary/aromatic N) is 5. The van der Waals surface area contributed by atoms with Gasteiger partial charge in [0.05, 0.1) is 24.6 Å². The van der Waals surface area contributed by atoms with Gasteiger partial charge in [0.25, 0.3) is 5.56 Å². The van der Waals surface area contributed by atoms with Crippen molar-refractivity contribution < 1.29 is 37.4 Å². The molecule has 0 spiro atoms. The molecule has 1 aliphatic rings. The number of methoxy groups -OCH3 is 1. The van der Waals surface area contributed by atoms with E-state index in [-0.39, 0.29) is 23.2 Å². The molecule has 2 N–H and O–H groups in total. The molecule has 5 rings (SSSR count). The summed E-state index contributed by atoms with van der Waals surface area (Å²) in [6.07, 6.45) is -0.873. The molecule has 4 aromatic rings. The Morgan fingerprint density at radius 2 is 1.85 bits per heavy atom. The lowest BCUT2D eigenvalue weighted by atomic mass is 9.90. The minimum atomic E-state index is -1.61. The van der Waals surface area contributed by atoms with Gasteiger partial charge in [0.15, 0.2) is 23.2 Å². The molecular weight excluding hydrogens is 523 g/mol. The number of aliphatic hydroxyl groups is 2. The molecule has 1 saturated heterocycles. The predicted molar refractivity (Wildman–Crippen MR) is 128 cm³/mol. The van der Waals surface area contributed by atoms with E-state index >= 15 is 0 Å². The van der Waals surface area contributed by atoms with Gasteiger partial charge < -0.3 is 28.8 Å². The van der Waals surface area contributed by atoms with Gasteiger partial charge in [-0.15, -0.1) is 5.10 Å². The largest absolute Gasteiger partial charge is 0.394 e. The number of rotatable bonds is 7. The van der Waals surface area contributed by atoms with Gasteiger partial charge in [0, 0.05) is 50.0 Å². The maximum Gasteiger partial charge on any atom is 0.250 e. The van der Waals surface area contributed by atoms with E-state index in [1.807, 2.05) is 0 Å². The maximum atomic E-state index is 13.8. The molecular formula is C25H24F3N5O6. The van der Waals surface area contributed by atoms with Gasteiger partial charge in [-0.25, -0.2) is 17.9 Å². The van der Waals surface area contributed by atoms with E-state index in [2.05, 4.69) is 15.5 Å². The summed E-state index contributed by atoms with van der Waals surface area (Å²) in [5.41, 5.74) is 0.737. The molecule has 0 saturated carbocycles. The summed E-state index contributed by atoms with van der Waals surface area (Å²) in [5.74, 6) is -4.01. The van der Waals surface area contributed by atoms with Gasteiger partial charge >= 0.3 is 0 Å². The smallest absolute Gasteiger partial charge is 0.250 e. The van der Waals surface area contributed by atoms with Crippen molar-refractivity contribution in [2.45, 2.75) is 36.9 Å². The minimum absolute atomic E-state index is 0.0218. The lowest BCUT2D eigenvalue weighted by Gasteiger charge is -2.43. The molecule has 0 radical (unpaired) electrons. The van der Waals surface area contributed by atoms with Crippen LogP contribution in [-0.2, 0) is 22.9 Å². The zero-order valence-electron chi connectivity index (χ0n) is 20.7. The number of aromatic nitrogens is 5. The fourth-order valence-corrected chi connectivity index (χ4v) is 4.64. The second-order valence-corrected chi connectivity index (χ2v) is 9.17. The third-order valence-corrected chi connectivity index (χ3v) is 6.69. The van der Waals surface area contributed by atoms with Crippen LogP contribution in [0.25, 0.3) is 22.6 Å². The summed E-state index contributed by atoms with van der Waals surface area (Å²) in [5, 5.41) is 32.9. The van der Waals surface area contributed by atoms with Crippen LogP contribution in [0.1, 0.15) is 11.7 Å². The molecule has 5 atom stereocenters. The second-order valence-electron chi connectivity index (χ2n) is 9.17. The summed E-state index contributed by atoms with van der Waals surface area (Å²) in [7, 11) is 3.02. The second kappa shape index (κ2) is 10.7. The van der Waals surface area contributed by atoms with Crippen molar-refractivity contribution in [1.29, 1.82) is 0 Å². The Morgan fingerprint density at radius 1 is 1.10 bits per heavy atom. The summed E-state index contributed by atoms with van der Waals surface area (Å²) in [4.78, 5) is 12.0. The van der Waals surface area contributed by atoms with E-state index < -0.39 is 54.5 Å². The van der Waals surface area contributed by atoms with E-state index in [9.17, 15) is 28.2 Å². The van der Waals surface area contributed by atoms with E-state index in [0.29, 0.717) is 17.0 Å². The molecule has 0 bridgehead atoms. The highest BCUT2D eigenvalue weighted by molar-refractivity contribution is 5.58. The Balaban J connectivity index is 1.43. The van der Waals surface area contributed by atoms with Crippen LogP contribution >= 0.6 is 0 Å². The number of hydrogen-bond acceptors (Lipinski definition) is 9. The fourth-order valence-electron chi connectivity index (χ4n) is 4.64. The van der Waals surface area contributed by atoms with E-state index in [4.69, 9.17) is 14.0 Å². The van der Waals surface area contributed by atoms with E-state index in [0.717, 1.165) is 12.1 Å². The van der Waals surface area contributed by atoms with Gasteiger partial charge in [-0.2, -0.15) is 0 Å². The Bertz CT molecular complexity index is 1520. The Labute approximate surface area is 219 Å². The number of aryl methyl sites for hydroxylation is 1. The third-order valence-electron chi connectivity index (χ3n) is 6.69. The van der Waals surface area contributed by atoms with Crippen molar-refractivity contribution in [3.8, 4) is 22.6 Å². The number of hydrogen-bond donors (Lipinski definition) is 2. The number of ether oxygens (including phenoxy) is 2. The molecule has 1 aliphatic heterocycles. The van der Waals surface area contributed by atoms with Gasteiger partial charge in [0.1, 0.15) is 30.0 Å². The Kier molecular flexibility index (Phi) is 7.36. The quantitative estimate of drug-likeness (QED) is 0.331. The molecule has 0 unspecified atom stereocenters. The SMILES string of the molecule is CO[C@@H]1[C@@H](n2cc(-c3cc(F)c(F)c(F)c3)nn2)[C@@H](O)[C@@H](CO)O[C@@H]1Cc1cc(-c2ccn(C)c(=O)c2)on1. The Hall–Kier alpha value is -3.85. The van der Waals surface area contributed by atoms with Crippen molar-refractivity contribution in [3.63, 3.8) is 0 Å². The van der Waals surface area contributed by atoms with Crippen LogP contribution in [0.4, 0.5) is 13.2 Å². The van der Waals surface area contributed by atoms with Gasteiger partial charge in [-0.05, 0) is 18.2 Å². The van der Waals surface area contributed by atoms with Gasteiger partial charge in [-0.3, -0.25) is 4.79 Å². The van der Waals surface area contributed by atoms with Crippen molar-refractivity contribution in [2.24, 2.45) is 7.05 Å². The standard InChI is InChI=1S/C25H24F3N5O6/c1-32-4-3-12(7-21(32)35)18-8-14(30-39-18)9-19-25(37-2)23(24(36)20(11-34)38-19)33-10-17(29-31-33)13-5-15(26)22(28)16(27)6-13/h3-8,10,19-20,23-25,34,36H,9,11H2,1-2H3/t19-,20-,23+,24+,25+/m1/s1. The minimum Gasteiger partial charge on any atom is -0.394 e. The van der Waals surface area contributed by atoms with Gasteiger partial charge in [-0.1, -0.05) is 10.4 Å². The number of halogens is 3. The third kappa shape index (κ3) is 5.11. The van der Waals surface area contributed by atoms with Crippen molar-refractivity contribution >= 4 is 0 Å². The van der Waals surface area contributed by atoms with Crippen LogP contribution in [-0.4, -0.2) is 73.1 Å². The normalized spacial score (nSPS) is 23.3. The van der Waals surface area contributed by atoms with Crippen molar-refractivity contribution in [2.75, 3.05) is 13.7 Å². The summed E-state index contributed by atoms with van der Waals surface area (Å²) >= 11 is 0. The first kappa shape index (κ1) is 26.7. The van der Waals surface area contributed by atoms with Crippen LogP contribution in [0.5, 0.6) is 0 Å². The highest BCUT2D eigenvalue weighted by Gasteiger charge is 2.47. The summed E-state index contributed by atoms with van der Waals surface area (Å²) < 4.78 is 60.6. The maximum absolute atomic E-state index is 13.8. The lowest BCUT2D eigenvalue weighted by Crippen LogP contribution is -2.57. The average molecular weight is 547 g/mol. The fraction of sp³-hybridized carbons (Fsp3) is 0.360. The molecule has 4 heterocycles. The van der Waals surface area contributed by atoms with Crippen LogP contribution in [0.2, 0.25) is 0 Å². The first-order valence-corrected chi connectivity index (χ1v) is 11.9. The molecule has 0 aliphatic carbocycles. The van der Waals surface area contributed by atoms with E-state index in [1.54, 1.807) is 25.4 Å². The zero-order chi connectivity index (χ0) is 27.8. The zero-order valence-corrected chi connectivity index (χ0v) is 20.7. The Morgan fingerprint density at radius 3 is 2.51 bits per heavy atom.